The number of benzene rings is 2. The SMILES string of the molecule is CCC(CCC#N)c1ccc(NC(=O)c2ccc(OC)c(OC)c2)cc1. The van der Waals surface area contributed by atoms with Crippen LogP contribution in [0, 0.1) is 11.3 Å². The van der Waals surface area contributed by atoms with Crippen molar-refractivity contribution in [1.29, 1.82) is 5.26 Å². The van der Waals surface area contributed by atoms with Crippen LogP contribution in [0.15, 0.2) is 42.5 Å². The Labute approximate surface area is 154 Å². The van der Waals surface area contributed by atoms with Crippen molar-refractivity contribution in [3.8, 4) is 17.6 Å². The summed E-state index contributed by atoms with van der Waals surface area (Å²) in [6.45, 7) is 2.12. The molecule has 2 rings (SSSR count). The second-order valence-corrected chi connectivity index (χ2v) is 5.95. The summed E-state index contributed by atoms with van der Waals surface area (Å²) in [5, 5.41) is 11.7. The molecule has 2 aromatic carbocycles. The van der Waals surface area contributed by atoms with Crippen LogP contribution in [0.25, 0.3) is 0 Å². The molecule has 0 aromatic heterocycles. The van der Waals surface area contributed by atoms with E-state index in [2.05, 4.69) is 18.3 Å². The summed E-state index contributed by atoms with van der Waals surface area (Å²) in [6, 6.07) is 15.1. The summed E-state index contributed by atoms with van der Waals surface area (Å²) in [5.41, 5.74) is 2.41. The molecular formula is C21H24N2O3. The van der Waals surface area contributed by atoms with Gasteiger partial charge < -0.3 is 14.8 Å². The molecule has 0 aliphatic rings. The number of nitriles is 1. The van der Waals surface area contributed by atoms with Gasteiger partial charge >= 0.3 is 0 Å². The first-order chi connectivity index (χ1) is 12.6. The zero-order valence-electron chi connectivity index (χ0n) is 15.4. The largest absolute Gasteiger partial charge is 0.493 e. The molecule has 136 valence electrons. The molecule has 0 spiro atoms. The van der Waals surface area contributed by atoms with Gasteiger partial charge in [-0.2, -0.15) is 5.26 Å². The molecule has 5 heteroatoms. The van der Waals surface area contributed by atoms with Crippen LogP contribution in [-0.4, -0.2) is 20.1 Å². The van der Waals surface area contributed by atoms with Gasteiger partial charge in [0.2, 0.25) is 0 Å². The number of anilines is 1. The smallest absolute Gasteiger partial charge is 0.255 e. The Hall–Kier alpha value is -3.00. The summed E-state index contributed by atoms with van der Waals surface area (Å²) < 4.78 is 10.4. The standard InChI is InChI=1S/C21H24N2O3/c1-4-15(6-5-13-22)16-7-10-18(11-8-16)23-21(24)17-9-12-19(25-2)20(14-17)26-3/h7-12,14-15H,4-6H2,1-3H3,(H,23,24). The number of rotatable bonds is 8. The summed E-state index contributed by atoms with van der Waals surface area (Å²) in [6.07, 6.45) is 2.39. The Balaban J connectivity index is 2.09. The van der Waals surface area contributed by atoms with Gasteiger partial charge in [-0.25, -0.2) is 0 Å². The molecule has 1 unspecified atom stereocenters. The molecule has 0 fully saturated rings. The lowest BCUT2D eigenvalue weighted by atomic mass is 9.92. The van der Waals surface area contributed by atoms with Crippen LogP contribution in [0.4, 0.5) is 5.69 Å². The number of carbonyl (C=O) groups excluding carboxylic acids is 1. The number of hydrogen-bond acceptors (Lipinski definition) is 4. The molecule has 5 nitrogen and oxygen atoms in total. The lowest BCUT2D eigenvalue weighted by molar-refractivity contribution is 0.102. The van der Waals surface area contributed by atoms with E-state index in [9.17, 15) is 4.79 Å². The van der Waals surface area contributed by atoms with Gasteiger partial charge in [0, 0.05) is 17.7 Å². The number of amides is 1. The van der Waals surface area contributed by atoms with Crippen LogP contribution in [0.5, 0.6) is 11.5 Å². The zero-order valence-corrected chi connectivity index (χ0v) is 15.4. The molecule has 0 radical (unpaired) electrons. The van der Waals surface area contributed by atoms with Crippen molar-refractivity contribution < 1.29 is 14.3 Å². The molecule has 1 N–H and O–H groups in total. The summed E-state index contributed by atoms with van der Waals surface area (Å²) in [5.74, 6) is 1.25. The Bertz CT molecular complexity index is 779. The fraction of sp³-hybridized carbons (Fsp3) is 0.333. The average molecular weight is 352 g/mol. The minimum atomic E-state index is -0.213. The van der Waals surface area contributed by atoms with Crippen LogP contribution in [0.2, 0.25) is 0 Å². The maximum atomic E-state index is 12.5. The Morgan fingerprint density at radius 3 is 2.38 bits per heavy atom. The summed E-state index contributed by atoms with van der Waals surface area (Å²) in [7, 11) is 3.09. The van der Waals surface area contributed by atoms with Crippen molar-refractivity contribution in [2.24, 2.45) is 0 Å². The van der Waals surface area contributed by atoms with E-state index in [0.29, 0.717) is 29.4 Å². The van der Waals surface area contributed by atoms with Crippen molar-refractivity contribution in [2.45, 2.75) is 32.1 Å². The van der Waals surface area contributed by atoms with Crippen LogP contribution in [-0.2, 0) is 0 Å². The van der Waals surface area contributed by atoms with Crippen molar-refractivity contribution in [1.82, 2.24) is 0 Å². The number of hydrogen-bond donors (Lipinski definition) is 1. The quantitative estimate of drug-likeness (QED) is 0.744. The van der Waals surface area contributed by atoms with Crippen LogP contribution >= 0.6 is 0 Å². The highest BCUT2D eigenvalue weighted by Crippen LogP contribution is 2.28. The molecule has 0 bridgehead atoms. The van der Waals surface area contributed by atoms with E-state index in [-0.39, 0.29) is 5.91 Å². The number of nitrogens with one attached hydrogen (secondary N) is 1. The maximum absolute atomic E-state index is 12.5. The first kappa shape index (κ1) is 19.3. The van der Waals surface area contributed by atoms with Gasteiger partial charge in [0.15, 0.2) is 11.5 Å². The Morgan fingerprint density at radius 1 is 1.12 bits per heavy atom. The molecule has 26 heavy (non-hydrogen) atoms. The van der Waals surface area contributed by atoms with Gasteiger partial charge in [-0.15, -0.1) is 0 Å². The molecule has 0 saturated carbocycles. The highest BCUT2D eigenvalue weighted by molar-refractivity contribution is 6.04. The second-order valence-electron chi connectivity index (χ2n) is 5.95. The van der Waals surface area contributed by atoms with E-state index in [0.717, 1.165) is 18.5 Å². The summed E-state index contributed by atoms with van der Waals surface area (Å²) in [4.78, 5) is 12.5. The maximum Gasteiger partial charge on any atom is 0.255 e. The first-order valence-corrected chi connectivity index (χ1v) is 8.63. The van der Waals surface area contributed by atoms with E-state index in [1.807, 2.05) is 24.3 Å². The molecule has 0 aliphatic carbocycles. The van der Waals surface area contributed by atoms with Crippen molar-refractivity contribution in [2.75, 3.05) is 19.5 Å². The predicted molar refractivity (Wildman–Crippen MR) is 102 cm³/mol. The fourth-order valence-electron chi connectivity index (χ4n) is 2.86. The van der Waals surface area contributed by atoms with Crippen molar-refractivity contribution in [3.63, 3.8) is 0 Å². The van der Waals surface area contributed by atoms with E-state index in [1.165, 1.54) is 12.7 Å². The number of ether oxygens (including phenoxy) is 2. The average Bonchev–Trinajstić information content (AvgIpc) is 2.69. The molecular weight excluding hydrogens is 328 g/mol. The van der Waals surface area contributed by atoms with Crippen LogP contribution in [0.1, 0.15) is 48.0 Å². The van der Waals surface area contributed by atoms with E-state index >= 15 is 0 Å². The van der Waals surface area contributed by atoms with Crippen molar-refractivity contribution in [3.05, 3.63) is 53.6 Å². The van der Waals surface area contributed by atoms with Crippen molar-refractivity contribution >= 4 is 11.6 Å². The third kappa shape index (κ3) is 4.76. The normalized spacial score (nSPS) is 11.3. The minimum Gasteiger partial charge on any atom is -0.493 e. The van der Waals surface area contributed by atoms with Gasteiger partial charge in [0.05, 0.1) is 20.3 Å². The predicted octanol–water partition coefficient (Wildman–Crippen LogP) is 4.75. The van der Waals surface area contributed by atoms with Gasteiger partial charge in [0.25, 0.3) is 5.91 Å². The zero-order chi connectivity index (χ0) is 18.9. The minimum absolute atomic E-state index is 0.213. The highest BCUT2D eigenvalue weighted by Gasteiger charge is 2.12. The second kappa shape index (κ2) is 9.47. The summed E-state index contributed by atoms with van der Waals surface area (Å²) >= 11 is 0. The Kier molecular flexibility index (Phi) is 7.04. The molecule has 2 aromatic rings. The molecule has 0 heterocycles. The van der Waals surface area contributed by atoms with E-state index in [1.54, 1.807) is 25.3 Å². The van der Waals surface area contributed by atoms with Gasteiger partial charge in [0.1, 0.15) is 0 Å². The van der Waals surface area contributed by atoms with E-state index < -0.39 is 0 Å². The molecule has 0 aliphatic heterocycles. The number of nitrogens with zero attached hydrogens (tertiary/aromatic N) is 1. The van der Waals surface area contributed by atoms with E-state index in [4.69, 9.17) is 14.7 Å². The molecule has 1 amide bonds. The third-order valence-corrected chi connectivity index (χ3v) is 4.38. The van der Waals surface area contributed by atoms with Crippen LogP contribution in [0.3, 0.4) is 0 Å². The van der Waals surface area contributed by atoms with Gasteiger partial charge in [-0.05, 0) is 54.7 Å². The topological polar surface area (TPSA) is 71.4 Å². The first-order valence-electron chi connectivity index (χ1n) is 8.63. The number of carbonyl (C=O) groups is 1. The van der Waals surface area contributed by atoms with Gasteiger partial charge in [-0.1, -0.05) is 19.1 Å². The third-order valence-electron chi connectivity index (χ3n) is 4.38. The monoisotopic (exact) mass is 352 g/mol. The molecule has 1 atom stereocenters. The lowest BCUT2D eigenvalue weighted by Gasteiger charge is -2.14. The van der Waals surface area contributed by atoms with Crippen LogP contribution < -0.4 is 14.8 Å². The fourth-order valence-corrected chi connectivity index (χ4v) is 2.86. The lowest BCUT2D eigenvalue weighted by Crippen LogP contribution is -2.12. The Morgan fingerprint density at radius 2 is 1.81 bits per heavy atom. The molecule has 0 saturated heterocycles. The van der Waals surface area contributed by atoms with Gasteiger partial charge in [-0.3, -0.25) is 4.79 Å². The number of methoxy groups -OCH3 is 2. The highest BCUT2D eigenvalue weighted by atomic mass is 16.5.